The molecule has 0 aliphatic rings. The van der Waals surface area contributed by atoms with Crippen molar-refractivity contribution in [1.82, 2.24) is 0 Å². The van der Waals surface area contributed by atoms with Gasteiger partial charge in [-0.15, -0.1) is 0 Å². The highest BCUT2D eigenvalue weighted by molar-refractivity contribution is 6.34. The third-order valence-electron chi connectivity index (χ3n) is 2.36. The molecule has 0 N–H and O–H groups in total. The van der Waals surface area contributed by atoms with Gasteiger partial charge in [0.1, 0.15) is 5.75 Å². The van der Waals surface area contributed by atoms with Gasteiger partial charge in [-0.3, -0.25) is 4.79 Å². The Morgan fingerprint density at radius 3 is 2.44 bits per heavy atom. The molecule has 0 fully saturated rings. The summed E-state index contributed by atoms with van der Waals surface area (Å²) < 4.78 is 5.42. The highest BCUT2D eigenvalue weighted by Crippen LogP contribution is 2.34. The summed E-state index contributed by atoms with van der Waals surface area (Å²) in [7, 11) is 0. The molecule has 1 rings (SSSR count). The van der Waals surface area contributed by atoms with Crippen molar-refractivity contribution >= 4 is 17.9 Å². The average molecular weight is 241 g/mol. The van der Waals surface area contributed by atoms with E-state index >= 15 is 0 Å². The Balaban J connectivity index is 3.34. The number of halogens is 1. The SMILES string of the molecule is CCOc1cc(C(C)(C)C)cc(C=O)c1Cl. The second kappa shape index (κ2) is 4.88. The van der Waals surface area contributed by atoms with Gasteiger partial charge in [0.2, 0.25) is 0 Å². The Hall–Kier alpha value is -1.02. The summed E-state index contributed by atoms with van der Waals surface area (Å²) in [5.41, 5.74) is 1.49. The van der Waals surface area contributed by atoms with Crippen molar-refractivity contribution in [3.05, 3.63) is 28.3 Å². The maximum absolute atomic E-state index is 10.9. The minimum absolute atomic E-state index is 0.0335. The maximum Gasteiger partial charge on any atom is 0.151 e. The normalized spacial score (nSPS) is 11.3. The van der Waals surface area contributed by atoms with Crippen LogP contribution in [0.4, 0.5) is 0 Å². The number of carbonyl (C=O) groups is 1. The number of hydrogen-bond acceptors (Lipinski definition) is 2. The van der Waals surface area contributed by atoms with Gasteiger partial charge < -0.3 is 4.74 Å². The fourth-order valence-corrected chi connectivity index (χ4v) is 1.61. The minimum Gasteiger partial charge on any atom is -0.492 e. The molecule has 0 aliphatic heterocycles. The highest BCUT2D eigenvalue weighted by atomic mass is 35.5. The first-order chi connectivity index (χ1) is 7.40. The van der Waals surface area contributed by atoms with Gasteiger partial charge in [-0.25, -0.2) is 0 Å². The number of hydrogen-bond donors (Lipinski definition) is 0. The summed E-state index contributed by atoms with van der Waals surface area (Å²) in [5, 5.41) is 0.393. The van der Waals surface area contributed by atoms with Crippen LogP contribution in [0.5, 0.6) is 5.75 Å². The van der Waals surface area contributed by atoms with Crippen molar-refractivity contribution in [2.24, 2.45) is 0 Å². The van der Waals surface area contributed by atoms with Crippen LogP contribution in [0.25, 0.3) is 0 Å². The van der Waals surface area contributed by atoms with Gasteiger partial charge in [-0.2, -0.15) is 0 Å². The van der Waals surface area contributed by atoms with E-state index in [1.807, 2.05) is 19.1 Å². The second-order valence-corrected chi connectivity index (χ2v) is 5.06. The van der Waals surface area contributed by atoms with Crippen LogP contribution in [0, 0.1) is 0 Å². The number of carbonyl (C=O) groups excluding carboxylic acids is 1. The van der Waals surface area contributed by atoms with E-state index < -0.39 is 0 Å². The third-order valence-corrected chi connectivity index (χ3v) is 2.76. The standard InChI is InChI=1S/C13H17ClO2/c1-5-16-11-7-10(13(2,3)4)6-9(8-15)12(11)14/h6-8H,5H2,1-4H3. The molecule has 0 spiro atoms. The molecular weight excluding hydrogens is 224 g/mol. The lowest BCUT2D eigenvalue weighted by molar-refractivity contribution is 0.112. The zero-order valence-corrected chi connectivity index (χ0v) is 10.9. The van der Waals surface area contributed by atoms with Gasteiger partial charge in [-0.05, 0) is 30.0 Å². The van der Waals surface area contributed by atoms with Crippen molar-refractivity contribution < 1.29 is 9.53 Å². The first kappa shape index (κ1) is 13.0. The smallest absolute Gasteiger partial charge is 0.151 e. The van der Waals surface area contributed by atoms with E-state index in [0.717, 1.165) is 11.8 Å². The number of aldehydes is 1. The van der Waals surface area contributed by atoms with Crippen molar-refractivity contribution in [3.8, 4) is 5.75 Å². The first-order valence-electron chi connectivity index (χ1n) is 5.32. The molecule has 0 saturated heterocycles. The molecule has 0 amide bonds. The zero-order valence-electron chi connectivity index (χ0n) is 10.1. The first-order valence-corrected chi connectivity index (χ1v) is 5.70. The van der Waals surface area contributed by atoms with E-state index in [0.29, 0.717) is 22.9 Å². The van der Waals surface area contributed by atoms with Crippen molar-refractivity contribution in [2.45, 2.75) is 33.1 Å². The molecule has 88 valence electrons. The predicted molar refractivity (Wildman–Crippen MR) is 66.7 cm³/mol. The van der Waals surface area contributed by atoms with E-state index in [1.54, 1.807) is 0 Å². The molecule has 1 aromatic rings. The van der Waals surface area contributed by atoms with Crippen molar-refractivity contribution in [3.63, 3.8) is 0 Å². The molecule has 0 radical (unpaired) electrons. The monoisotopic (exact) mass is 240 g/mol. The van der Waals surface area contributed by atoms with Crippen LogP contribution < -0.4 is 4.74 Å². The fraction of sp³-hybridized carbons (Fsp3) is 0.462. The van der Waals surface area contributed by atoms with Gasteiger partial charge in [0.15, 0.2) is 6.29 Å². The molecule has 0 unspecified atom stereocenters. The summed E-state index contributed by atoms with van der Waals surface area (Å²) in [6.07, 6.45) is 0.764. The fourth-order valence-electron chi connectivity index (χ4n) is 1.40. The van der Waals surface area contributed by atoms with Gasteiger partial charge in [0, 0.05) is 5.56 Å². The molecule has 0 heterocycles. The summed E-state index contributed by atoms with van der Waals surface area (Å²) >= 11 is 6.05. The summed E-state index contributed by atoms with van der Waals surface area (Å²) in [4.78, 5) is 10.9. The van der Waals surface area contributed by atoms with Gasteiger partial charge in [0.05, 0.1) is 11.6 Å². The average Bonchev–Trinajstić information content (AvgIpc) is 2.19. The van der Waals surface area contributed by atoms with Crippen LogP contribution in [-0.4, -0.2) is 12.9 Å². The topological polar surface area (TPSA) is 26.3 Å². The Morgan fingerprint density at radius 1 is 1.38 bits per heavy atom. The Bertz CT molecular complexity index is 392. The van der Waals surface area contributed by atoms with Gasteiger partial charge in [0.25, 0.3) is 0 Å². The van der Waals surface area contributed by atoms with E-state index in [2.05, 4.69) is 20.8 Å². The molecule has 3 heteroatoms. The van der Waals surface area contributed by atoms with Crippen LogP contribution in [0.15, 0.2) is 12.1 Å². The van der Waals surface area contributed by atoms with Crippen molar-refractivity contribution in [2.75, 3.05) is 6.61 Å². The molecule has 16 heavy (non-hydrogen) atoms. The third kappa shape index (κ3) is 2.76. The molecule has 2 nitrogen and oxygen atoms in total. The zero-order chi connectivity index (χ0) is 12.3. The van der Waals surface area contributed by atoms with Crippen molar-refractivity contribution in [1.29, 1.82) is 0 Å². The Labute approximate surface area is 102 Å². The van der Waals surface area contributed by atoms with E-state index in [1.165, 1.54) is 0 Å². The Morgan fingerprint density at radius 2 is 2.00 bits per heavy atom. The van der Waals surface area contributed by atoms with E-state index in [-0.39, 0.29) is 5.41 Å². The van der Waals surface area contributed by atoms with E-state index in [4.69, 9.17) is 16.3 Å². The summed E-state index contributed by atoms with van der Waals surface area (Å²) in [5.74, 6) is 0.582. The summed E-state index contributed by atoms with van der Waals surface area (Å²) in [6.45, 7) is 8.67. The molecule has 0 aliphatic carbocycles. The number of benzene rings is 1. The van der Waals surface area contributed by atoms with Crippen LogP contribution in [0.2, 0.25) is 5.02 Å². The lowest BCUT2D eigenvalue weighted by Gasteiger charge is -2.21. The molecule has 1 aromatic carbocycles. The van der Waals surface area contributed by atoms with Gasteiger partial charge >= 0.3 is 0 Å². The molecule has 0 saturated carbocycles. The largest absolute Gasteiger partial charge is 0.492 e. The van der Waals surface area contributed by atoms with Crippen LogP contribution >= 0.6 is 11.6 Å². The number of ether oxygens (including phenoxy) is 1. The molecule has 0 aromatic heterocycles. The Kier molecular flexibility index (Phi) is 3.98. The molecule has 0 bridgehead atoms. The summed E-state index contributed by atoms with van der Waals surface area (Å²) in [6, 6.07) is 3.72. The second-order valence-electron chi connectivity index (χ2n) is 4.68. The predicted octanol–water partition coefficient (Wildman–Crippen LogP) is 3.85. The van der Waals surface area contributed by atoms with Crippen LogP contribution in [0.3, 0.4) is 0 Å². The number of rotatable bonds is 3. The minimum atomic E-state index is -0.0335. The van der Waals surface area contributed by atoms with E-state index in [9.17, 15) is 4.79 Å². The van der Waals surface area contributed by atoms with Gasteiger partial charge in [-0.1, -0.05) is 32.4 Å². The van der Waals surface area contributed by atoms with Crippen LogP contribution in [-0.2, 0) is 5.41 Å². The lowest BCUT2D eigenvalue weighted by atomic mass is 9.86. The molecule has 0 atom stereocenters. The highest BCUT2D eigenvalue weighted by Gasteiger charge is 2.18. The lowest BCUT2D eigenvalue weighted by Crippen LogP contribution is -2.12. The molecular formula is C13H17ClO2. The van der Waals surface area contributed by atoms with Crippen LogP contribution in [0.1, 0.15) is 43.6 Å². The maximum atomic E-state index is 10.9. The quantitative estimate of drug-likeness (QED) is 0.751.